The van der Waals surface area contributed by atoms with E-state index in [2.05, 4.69) is 0 Å². The van der Waals surface area contributed by atoms with Crippen LogP contribution in [0.2, 0.25) is 0 Å². The molecule has 1 fully saturated rings. The Bertz CT molecular complexity index is 1220. The van der Waals surface area contributed by atoms with Crippen LogP contribution in [0.5, 0.6) is 5.75 Å². The van der Waals surface area contributed by atoms with Crippen molar-refractivity contribution in [2.24, 2.45) is 5.92 Å². The van der Waals surface area contributed by atoms with Gasteiger partial charge in [-0.15, -0.1) is 0 Å². The van der Waals surface area contributed by atoms with Crippen LogP contribution in [0.25, 0.3) is 5.69 Å². The Morgan fingerprint density at radius 3 is 2.80 bits per heavy atom. The molecule has 9 heteroatoms. The highest BCUT2D eigenvalue weighted by Gasteiger charge is 2.51. The summed E-state index contributed by atoms with van der Waals surface area (Å²) < 4.78 is 6.53. The van der Waals surface area contributed by atoms with Gasteiger partial charge >= 0.3 is 0 Å². The van der Waals surface area contributed by atoms with Crippen molar-refractivity contribution in [1.82, 2.24) is 9.47 Å². The number of methoxy groups -OCH3 is 1. The molecule has 2 amide bonds. The minimum Gasteiger partial charge on any atom is -0.491 e. The molecule has 2 aliphatic rings. The minimum absolute atomic E-state index is 0.0536. The van der Waals surface area contributed by atoms with Crippen LogP contribution in [0.4, 0.5) is 5.69 Å². The number of nitrogens with zero attached hydrogens (tertiary/aromatic N) is 3. The first-order valence-electron chi connectivity index (χ1n) is 11.7. The molecule has 35 heavy (non-hydrogen) atoms. The van der Waals surface area contributed by atoms with Crippen molar-refractivity contribution in [2.45, 2.75) is 37.8 Å². The zero-order valence-electron chi connectivity index (χ0n) is 20.2. The first kappa shape index (κ1) is 24.7. The number of hydrogen-bond donors (Lipinski definition) is 2. The van der Waals surface area contributed by atoms with Gasteiger partial charge in [-0.05, 0) is 43.2 Å². The molecule has 0 saturated carbocycles. The van der Waals surface area contributed by atoms with Gasteiger partial charge in [0.25, 0.3) is 11.5 Å². The maximum absolute atomic E-state index is 13.2. The molecule has 3 heterocycles. The number of likely N-dealkylation sites (N-methyl/N-ethyl adjacent to an activating group) is 1. The lowest BCUT2D eigenvalue weighted by Crippen LogP contribution is -2.43. The molecule has 0 aliphatic carbocycles. The van der Waals surface area contributed by atoms with Gasteiger partial charge in [0.2, 0.25) is 5.91 Å². The van der Waals surface area contributed by atoms with Gasteiger partial charge in [0.1, 0.15) is 0 Å². The van der Waals surface area contributed by atoms with Gasteiger partial charge in [-0.3, -0.25) is 19.0 Å². The summed E-state index contributed by atoms with van der Waals surface area (Å²) in [7, 11) is 3.02. The van der Waals surface area contributed by atoms with Gasteiger partial charge in [-0.25, -0.2) is 0 Å². The first-order valence-corrected chi connectivity index (χ1v) is 11.7. The van der Waals surface area contributed by atoms with Gasteiger partial charge < -0.3 is 24.7 Å². The molecule has 1 aromatic heterocycles. The fourth-order valence-electron chi connectivity index (χ4n) is 5.01. The topological polar surface area (TPSA) is 112 Å². The molecule has 9 nitrogen and oxygen atoms in total. The van der Waals surface area contributed by atoms with E-state index in [4.69, 9.17) is 4.74 Å². The quantitative estimate of drug-likeness (QED) is 0.581. The van der Waals surface area contributed by atoms with E-state index in [0.29, 0.717) is 23.5 Å². The Morgan fingerprint density at radius 1 is 1.31 bits per heavy atom. The van der Waals surface area contributed by atoms with E-state index >= 15 is 0 Å². The summed E-state index contributed by atoms with van der Waals surface area (Å²) in [4.78, 5) is 41.6. The predicted molar refractivity (Wildman–Crippen MR) is 131 cm³/mol. The van der Waals surface area contributed by atoms with E-state index in [-0.39, 0.29) is 36.3 Å². The van der Waals surface area contributed by atoms with Crippen molar-refractivity contribution >= 4 is 17.5 Å². The number of amides is 2. The van der Waals surface area contributed by atoms with Gasteiger partial charge in [0.05, 0.1) is 25.4 Å². The van der Waals surface area contributed by atoms with Crippen molar-refractivity contribution in [2.75, 3.05) is 32.2 Å². The van der Waals surface area contributed by atoms with Crippen LogP contribution in [0.3, 0.4) is 0 Å². The maximum Gasteiger partial charge on any atom is 0.297 e. The van der Waals surface area contributed by atoms with Crippen LogP contribution in [0.15, 0.2) is 53.5 Å². The highest BCUT2D eigenvalue weighted by Crippen LogP contribution is 2.45. The summed E-state index contributed by atoms with van der Waals surface area (Å²) >= 11 is 0. The monoisotopic (exact) mass is 481 g/mol. The van der Waals surface area contributed by atoms with Crippen molar-refractivity contribution in [1.29, 1.82) is 0 Å². The van der Waals surface area contributed by atoms with E-state index in [9.17, 15) is 24.6 Å². The van der Waals surface area contributed by atoms with E-state index in [0.717, 1.165) is 12.8 Å². The number of rotatable bonds is 7. The van der Waals surface area contributed by atoms with Crippen LogP contribution in [0, 0.1) is 5.92 Å². The van der Waals surface area contributed by atoms with Gasteiger partial charge in [-0.1, -0.05) is 19.1 Å². The molecule has 2 aromatic rings. The normalized spacial score (nSPS) is 22.7. The minimum atomic E-state index is -1.86. The third-order valence-electron chi connectivity index (χ3n) is 7.08. The second-order valence-electron chi connectivity index (χ2n) is 9.07. The summed E-state index contributed by atoms with van der Waals surface area (Å²) in [5.41, 5.74) is -0.782. The Hall–Kier alpha value is -3.43. The predicted octanol–water partition coefficient (Wildman–Crippen LogP) is 1.58. The number of likely N-dealkylation sites (tertiary alicyclic amines) is 1. The van der Waals surface area contributed by atoms with Crippen LogP contribution in [0.1, 0.15) is 31.7 Å². The summed E-state index contributed by atoms with van der Waals surface area (Å²) in [5, 5.41) is 21.1. The van der Waals surface area contributed by atoms with Crippen LogP contribution in [-0.4, -0.2) is 64.8 Å². The molecule has 0 spiro atoms. The average molecular weight is 482 g/mol. The molecular formula is C26H31N3O6. The molecule has 2 aliphatic heterocycles. The Labute approximate surface area is 203 Å². The number of carbonyl (C=O) groups excluding carboxylic acids is 2. The third-order valence-corrected chi connectivity index (χ3v) is 7.08. The summed E-state index contributed by atoms with van der Waals surface area (Å²) in [5.74, 6) is -1.03. The number of aliphatic hydroxyl groups is 2. The van der Waals surface area contributed by atoms with Crippen molar-refractivity contribution in [3.8, 4) is 11.4 Å². The van der Waals surface area contributed by atoms with Crippen molar-refractivity contribution in [3.05, 3.63) is 64.6 Å². The average Bonchev–Trinajstić information content (AvgIpc) is 3.42. The molecule has 1 saturated heterocycles. The van der Waals surface area contributed by atoms with Crippen LogP contribution >= 0.6 is 0 Å². The number of benzene rings is 1. The second-order valence-corrected chi connectivity index (χ2v) is 9.07. The molecule has 0 bridgehead atoms. The fraction of sp³-hybridized carbons (Fsp3) is 0.423. The number of ether oxygens (including phenoxy) is 1. The van der Waals surface area contributed by atoms with Crippen LogP contribution < -0.4 is 15.2 Å². The maximum atomic E-state index is 13.2. The SMILES string of the molecule is COc1cccn(-c2ccc3c(c2)[C@](O)([C@@H](C)/C=C/CC(=O)N2CCC[C@H]2CO)C(=O)N3C)c1=O. The number of pyridine rings is 1. The molecule has 186 valence electrons. The number of anilines is 1. The highest BCUT2D eigenvalue weighted by atomic mass is 16.5. The number of aliphatic hydroxyl groups excluding tert-OH is 1. The molecule has 3 atom stereocenters. The van der Waals surface area contributed by atoms with E-state index in [1.807, 2.05) is 0 Å². The largest absolute Gasteiger partial charge is 0.491 e. The van der Waals surface area contributed by atoms with E-state index < -0.39 is 17.4 Å². The molecule has 1 aromatic carbocycles. The summed E-state index contributed by atoms with van der Waals surface area (Å²) in [6.07, 6.45) is 6.71. The highest BCUT2D eigenvalue weighted by molar-refractivity contribution is 6.07. The van der Waals surface area contributed by atoms with Crippen molar-refractivity contribution < 1.29 is 24.5 Å². The lowest BCUT2D eigenvalue weighted by Gasteiger charge is -2.27. The summed E-state index contributed by atoms with van der Waals surface area (Å²) in [6.45, 7) is 2.29. The van der Waals surface area contributed by atoms with E-state index in [1.165, 1.54) is 16.6 Å². The Balaban J connectivity index is 1.62. The van der Waals surface area contributed by atoms with Gasteiger partial charge in [0, 0.05) is 43.4 Å². The van der Waals surface area contributed by atoms with Gasteiger partial charge in [-0.2, -0.15) is 0 Å². The molecule has 4 rings (SSSR count). The number of hydrogen-bond acceptors (Lipinski definition) is 6. The first-order chi connectivity index (χ1) is 16.7. The Morgan fingerprint density at radius 2 is 2.09 bits per heavy atom. The smallest absolute Gasteiger partial charge is 0.297 e. The second kappa shape index (κ2) is 9.67. The molecular weight excluding hydrogens is 450 g/mol. The zero-order valence-corrected chi connectivity index (χ0v) is 20.2. The lowest BCUT2D eigenvalue weighted by atomic mass is 9.82. The van der Waals surface area contributed by atoms with Crippen molar-refractivity contribution in [3.63, 3.8) is 0 Å². The molecule has 0 radical (unpaired) electrons. The molecule has 2 N–H and O–H groups in total. The number of carbonyl (C=O) groups is 2. The lowest BCUT2D eigenvalue weighted by molar-refractivity contribution is -0.139. The Kier molecular flexibility index (Phi) is 6.82. The third kappa shape index (κ3) is 4.15. The standard InChI is InChI=1S/C26H31N3O6/c1-17(7-4-10-23(31)28-13-5-8-19(28)16-30)26(34)20-15-18(11-12-21(20)27(2)25(26)33)29-14-6-9-22(35-3)24(29)32/h4,6-7,9,11-12,14-15,17,19,30,34H,5,8,10,13,16H2,1-3H3/b7-4+/t17-,19-,26+/m0/s1. The zero-order chi connectivity index (χ0) is 25.3. The number of fused-ring (bicyclic) bond motifs is 1. The number of aromatic nitrogens is 1. The fourth-order valence-corrected chi connectivity index (χ4v) is 5.01. The molecule has 0 unspecified atom stereocenters. The van der Waals surface area contributed by atoms with Gasteiger partial charge in [0.15, 0.2) is 11.4 Å². The van der Waals surface area contributed by atoms with Crippen LogP contribution in [-0.2, 0) is 15.2 Å². The van der Waals surface area contributed by atoms with E-state index in [1.54, 1.807) is 67.6 Å². The summed E-state index contributed by atoms with van der Waals surface area (Å²) in [6, 6.07) is 8.16.